The fourth-order valence-corrected chi connectivity index (χ4v) is 4.25. The molecule has 0 fully saturated rings. The summed E-state index contributed by atoms with van der Waals surface area (Å²) < 4.78 is 30.0. The Hall–Kier alpha value is -2.54. The summed E-state index contributed by atoms with van der Waals surface area (Å²) in [5.74, 6) is -0.0528. The third-order valence-electron chi connectivity index (χ3n) is 5.15. The maximum absolute atomic E-state index is 13.0. The van der Waals surface area contributed by atoms with Crippen LogP contribution in [0.15, 0.2) is 85.1 Å². The van der Waals surface area contributed by atoms with E-state index in [4.69, 9.17) is 23.2 Å². The Kier molecular flexibility index (Phi) is 6.65. The van der Waals surface area contributed by atoms with Gasteiger partial charge in [0.1, 0.15) is 0 Å². The molecule has 0 N–H and O–H groups in total. The summed E-state index contributed by atoms with van der Waals surface area (Å²) in [6.07, 6.45) is 0. The Morgan fingerprint density at radius 3 is 1.68 bits per heavy atom. The van der Waals surface area contributed by atoms with Crippen LogP contribution in [0, 0.1) is 0 Å². The number of hydrogen-bond donors (Lipinski definition) is 0. The normalized spacial score (nSPS) is 15.6. The van der Waals surface area contributed by atoms with Crippen molar-refractivity contribution in [2.75, 3.05) is 0 Å². The molecule has 0 aromatic heterocycles. The SMILES string of the molecule is CC1=C(C)C(=N/C(=N/S(=O)(=O)c2ccc(Cl)cc2)c2ccc(Cl)cc2)C(C)=C(C)C1=O. The molecule has 5 nitrogen and oxygen atoms in total. The molecular formula is C23H20Cl2N2O3S. The Bertz CT molecular complexity index is 1260. The molecule has 2 aromatic carbocycles. The van der Waals surface area contributed by atoms with Crippen LogP contribution in [-0.2, 0) is 14.8 Å². The average molecular weight is 475 g/mol. The fourth-order valence-electron chi connectivity index (χ4n) is 3.04. The van der Waals surface area contributed by atoms with E-state index in [2.05, 4.69) is 9.39 Å². The topological polar surface area (TPSA) is 75.9 Å². The van der Waals surface area contributed by atoms with E-state index >= 15 is 0 Å². The predicted molar refractivity (Wildman–Crippen MR) is 126 cm³/mol. The van der Waals surface area contributed by atoms with Crippen molar-refractivity contribution < 1.29 is 13.2 Å². The summed E-state index contributed by atoms with van der Waals surface area (Å²) in [5, 5.41) is 0.916. The number of hydrogen-bond acceptors (Lipinski definition) is 3. The van der Waals surface area contributed by atoms with Crippen LogP contribution >= 0.6 is 23.2 Å². The minimum Gasteiger partial charge on any atom is -0.289 e. The van der Waals surface area contributed by atoms with Crippen molar-refractivity contribution >= 4 is 50.6 Å². The highest BCUT2D eigenvalue weighted by Gasteiger charge is 2.25. The summed E-state index contributed by atoms with van der Waals surface area (Å²) in [6, 6.07) is 12.3. The van der Waals surface area contributed by atoms with E-state index in [0.717, 1.165) is 0 Å². The number of amidine groups is 1. The second-order valence-corrected chi connectivity index (χ2v) is 9.62. The number of carbonyl (C=O) groups excluding carboxylic acids is 1. The first-order valence-corrected chi connectivity index (χ1v) is 11.6. The number of carbonyl (C=O) groups is 1. The van der Waals surface area contributed by atoms with Gasteiger partial charge >= 0.3 is 0 Å². The number of nitrogens with zero attached hydrogens (tertiary/aromatic N) is 2. The Morgan fingerprint density at radius 1 is 0.742 bits per heavy atom. The number of allylic oxidation sites excluding steroid dienone is 4. The molecule has 0 saturated carbocycles. The van der Waals surface area contributed by atoms with Crippen molar-refractivity contribution in [2.45, 2.75) is 32.6 Å². The van der Waals surface area contributed by atoms with Crippen LogP contribution in [-0.4, -0.2) is 25.7 Å². The quantitative estimate of drug-likeness (QED) is 0.319. The molecule has 0 radical (unpaired) electrons. The Morgan fingerprint density at radius 2 is 1.19 bits per heavy atom. The zero-order chi connectivity index (χ0) is 22.9. The molecule has 160 valence electrons. The van der Waals surface area contributed by atoms with Crippen molar-refractivity contribution in [1.29, 1.82) is 0 Å². The number of aliphatic imine (C=N–C) groups is 1. The molecule has 0 bridgehead atoms. The lowest BCUT2D eigenvalue weighted by molar-refractivity contribution is -0.112. The number of Topliss-reactive ketones (excluding diaryl/α,β-unsaturated/α-hetero) is 1. The number of rotatable bonds is 3. The van der Waals surface area contributed by atoms with Gasteiger partial charge in [-0.3, -0.25) is 4.79 Å². The van der Waals surface area contributed by atoms with Crippen molar-refractivity contribution in [1.82, 2.24) is 0 Å². The van der Waals surface area contributed by atoms with E-state index in [1.54, 1.807) is 52.0 Å². The van der Waals surface area contributed by atoms with Crippen LogP contribution in [0.2, 0.25) is 10.0 Å². The molecule has 0 aliphatic heterocycles. The zero-order valence-corrected chi connectivity index (χ0v) is 19.7. The van der Waals surface area contributed by atoms with Crippen LogP contribution < -0.4 is 0 Å². The molecule has 3 rings (SSSR count). The number of sulfonamides is 1. The number of halogens is 2. The molecule has 0 atom stereocenters. The third kappa shape index (κ3) is 4.87. The third-order valence-corrected chi connectivity index (χ3v) is 6.94. The van der Waals surface area contributed by atoms with E-state index in [0.29, 0.717) is 43.6 Å². The lowest BCUT2D eigenvalue weighted by atomic mass is 9.86. The van der Waals surface area contributed by atoms with E-state index < -0.39 is 10.0 Å². The van der Waals surface area contributed by atoms with Gasteiger partial charge in [-0.1, -0.05) is 23.2 Å². The highest BCUT2D eigenvalue weighted by Crippen LogP contribution is 2.26. The smallest absolute Gasteiger partial charge is 0.284 e. The van der Waals surface area contributed by atoms with Crippen LogP contribution in [0.5, 0.6) is 0 Å². The second-order valence-electron chi connectivity index (χ2n) is 7.14. The summed E-state index contributed by atoms with van der Waals surface area (Å²) in [7, 11) is -4.07. The number of ketones is 1. The van der Waals surface area contributed by atoms with Gasteiger partial charge in [-0.15, -0.1) is 4.40 Å². The van der Waals surface area contributed by atoms with E-state index in [-0.39, 0.29) is 16.5 Å². The minimum atomic E-state index is -4.07. The first kappa shape index (κ1) is 23.1. The lowest BCUT2D eigenvalue weighted by Crippen LogP contribution is -2.21. The van der Waals surface area contributed by atoms with Gasteiger partial charge in [0.05, 0.1) is 10.6 Å². The largest absolute Gasteiger partial charge is 0.289 e. The summed E-state index contributed by atoms with van der Waals surface area (Å²) in [6.45, 7) is 7.03. The van der Waals surface area contributed by atoms with Crippen molar-refractivity contribution in [3.8, 4) is 0 Å². The summed E-state index contributed by atoms with van der Waals surface area (Å²) in [5.41, 5.74) is 3.49. The first-order chi connectivity index (χ1) is 14.5. The minimum absolute atomic E-state index is 0.00438. The van der Waals surface area contributed by atoms with Gasteiger partial charge in [-0.05, 0) is 87.4 Å². The van der Waals surface area contributed by atoms with Gasteiger partial charge in [0.25, 0.3) is 10.0 Å². The molecule has 31 heavy (non-hydrogen) atoms. The van der Waals surface area contributed by atoms with Crippen molar-refractivity contribution in [3.05, 3.63) is 86.4 Å². The molecule has 0 spiro atoms. The second kappa shape index (κ2) is 8.91. The van der Waals surface area contributed by atoms with Crippen LogP contribution in [0.3, 0.4) is 0 Å². The lowest BCUT2D eigenvalue weighted by Gasteiger charge is -2.19. The molecule has 2 aromatic rings. The molecule has 1 aliphatic carbocycles. The van der Waals surface area contributed by atoms with Crippen LogP contribution in [0.1, 0.15) is 33.3 Å². The van der Waals surface area contributed by atoms with E-state index in [1.165, 1.54) is 24.3 Å². The Balaban J connectivity index is 2.24. The molecular weight excluding hydrogens is 455 g/mol. The highest BCUT2D eigenvalue weighted by molar-refractivity contribution is 7.90. The predicted octanol–water partition coefficient (Wildman–Crippen LogP) is 5.83. The Labute approximate surface area is 191 Å². The average Bonchev–Trinajstić information content (AvgIpc) is 2.74. The monoisotopic (exact) mass is 474 g/mol. The molecule has 0 unspecified atom stereocenters. The molecule has 8 heteroatoms. The standard InChI is InChI=1S/C23H20Cl2N2O3S/c1-13-15(3)22(28)16(4)14(2)21(13)26-23(17-5-7-18(24)8-6-17)27-31(29,30)20-11-9-19(25)10-12-20/h5-12H,1-4H3/b27-23+. The van der Waals surface area contributed by atoms with Crippen molar-refractivity contribution in [3.63, 3.8) is 0 Å². The molecule has 1 aliphatic rings. The molecule has 0 heterocycles. The maximum atomic E-state index is 13.0. The highest BCUT2D eigenvalue weighted by atomic mass is 35.5. The van der Waals surface area contributed by atoms with Gasteiger partial charge < -0.3 is 0 Å². The zero-order valence-electron chi connectivity index (χ0n) is 17.4. The van der Waals surface area contributed by atoms with Gasteiger partial charge in [0.15, 0.2) is 11.6 Å². The number of benzene rings is 2. The van der Waals surface area contributed by atoms with Crippen molar-refractivity contribution in [2.24, 2.45) is 9.39 Å². The molecule has 0 saturated heterocycles. The van der Waals surface area contributed by atoms with Gasteiger partial charge in [0, 0.05) is 26.8 Å². The van der Waals surface area contributed by atoms with Gasteiger partial charge in [-0.25, -0.2) is 4.99 Å². The summed E-state index contributed by atoms with van der Waals surface area (Å²) in [4.78, 5) is 17.0. The summed E-state index contributed by atoms with van der Waals surface area (Å²) >= 11 is 11.9. The van der Waals surface area contributed by atoms with Crippen LogP contribution in [0.25, 0.3) is 0 Å². The fraction of sp³-hybridized carbons (Fsp3) is 0.174. The van der Waals surface area contributed by atoms with Gasteiger partial charge in [0.2, 0.25) is 0 Å². The van der Waals surface area contributed by atoms with Crippen LogP contribution in [0.4, 0.5) is 0 Å². The molecule has 0 amide bonds. The maximum Gasteiger partial charge on any atom is 0.284 e. The first-order valence-electron chi connectivity index (χ1n) is 9.37. The van der Waals surface area contributed by atoms with E-state index in [1.807, 2.05) is 0 Å². The van der Waals surface area contributed by atoms with E-state index in [9.17, 15) is 13.2 Å². The van der Waals surface area contributed by atoms with Gasteiger partial charge in [-0.2, -0.15) is 8.42 Å².